The van der Waals surface area contributed by atoms with E-state index in [9.17, 15) is 9.59 Å². The molecule has 2 N–H and O–H groups in total. The number of hydrogen-bond acceptors (Lipinski definition) is 3. The van der Waals surface area contributed by atoms with Crippen LogP contribution in [0.25, 0.3) is 0 Å². The maximum absolute atomic E-state index is 12.4. The molecule has 0 unspecified atom stereocenters. The first kappa shape index (κ1) is 17.9. The first-order valence-electron chi connectivity index (χ1n) is 8.11. The normalized spacial score (nSPS) is 18.7. The van der Waals surface area contributed by atoms with Gasteiger partial charge in [-0.2, -0.15) is 0 Å². The fourth-order valence-corrected chi connectivity index (χ4v) is 3.59. The van der Waals surface area contributed by atoms with Crippen LogP contribution in [0.2, 0.25) is 0 Å². The third-order valence-corrected chi connectivity index (χ3v) is 5.23. The number of piperidine rings is 1. The minimum atomic E-state index is -0.430. The van der Waals surface area contributed by atoms with Crippen LogP contribution in [0.15, 0.2) is 29.2 Å². The lowest BCUT2D eigenvalue weighted by atomic mass is 9.87. The number of thioether (sulfide) groups is 1. The number of carbonyl (C=O) groups is 2. The molecule has 0 aliphatic carbocycles. The summed E-state index contributed by atoms with van der Waals surface area (Å²) in [5.41, 5.74) is 6.82. The minimum Gasteiger partial charge on any atom is -0.368 e. The van der Waals surface area contributed by atoms with E-state index in [0.29, 0.717) is 18.7 Å². The number of nitrogens with zero attached hydrogens (tertiary/aromatic N) is 1. The topological polar surface area (TPSA) is 63.4 Å². The van der Waals surface area contributed by atoms with Crippen molar-refractivity contribution in [1.29, 1.82) is 0 Å². The average Bonchev–Trinajstić information content (AvgIpc) is 2.52. The van der Waals surface area contributed by atoms with E-state index in [1.807, 2.05) is 0 Å². The largest absolute Gasteiger partial charge is 0.368 e. The van der Waals surface area contributed by atoms with Gasteiger partial charge in [0, 0.05) is 11.4 Å². The van der Waals surface area contributed by atoms with Gasteiger partial charge in [0.05, 0.1) is 5.75 Å². The Kier molecular flexibility index (Phi) is 5.74. The summed E-state index contributed by atoms with van der Waals surface area (Å²) in [5.74, 6) is -0.0467. The lowest BCUT2D eigenvalue weighted by Gasteiger charge is -2.33. The highest BCUT2D eigenvalue weighted by Gasteiger charge is 2.30. The summed E-state index contributed by atoms with van der Waals surface area (Å²) in [6.07, 6.45) is 2.59. The summed E-state index contributed by atoms with van der Waals surface area (Å²) in [7, 11) is 0. The van der Waals surface area contributed by atoms with Gasteiger partial charge in [-0.1, -0.05) is 32.9 Å². The zero-order valence-corrected chi connectivity index (χ0v) is 15.0. The van der Waals surface area contributed by atoms with Crippen molar-refractivity contribution in [2.75, 3.05) is 12.3 Å². The van der Waals surface area contributed by atoms with Gasteiger partial charge in [-0.15, -0.1) is 11.8 Å². The van der Waals surface area contributed by atoms with Crippen molar-refractivity contribution in [2.24, 2.45) is 5.73 Å². The number of hydrogen-bond donors (Lipinski definition) is 1. The number of benzene rings is 1. The smallest absolute Gasteiger partial charge is 0.240 e. The first-order valence-corrected chi connectivity index (χ1v) is 9.10. The van der Waals surface area contributed by atoms with Gasteiger partial charge in [-0.25, -0.2) is 0 Å². The van der Waals surface area contributed by atoms with Crippen LogP contribution in [-0.4, -0.2) is 35.1 Å². The van der Waals surface area contributed by atoms with Crippen LogP contribution >= 0.6 is 11.8 Å². The van der Waals surface area contributed by atoms with Gasteiger partial charge >= 0.3 is 0 Å². The maximum atomic E-state index is 12.4. The maximum Gasteiger partial charge on any atom is 0.240 e. The number of carbonyl (C=O) groups excluding carboxylic acids is 2. The monoisotopic (exact) mass is 334 g/mol. The molecule has 4 nitrogen and oxygen atoms in total. The van der Waals surface area contributed by atoms with E-state index in [0.717, 1.165) is 17.7 Å². The predicted octanol–water partition coefficient (Wildman–Crippen LogP) is 2.94. The molecule has 2 rings (SSSR count). The molecule has 1 atom stereocenters. The van der Waals surface area contributed by atoms with Crippen LogP contribution in [-0.2, 0) is 15.0 Å². The van der Waals surface area contributed by atoms with Crippen LogP contribution in [0, 0.1) is 0 Å². The van der Waals surface area contributed by atoms with Gasteiger partial charge in [0.1, 0.15) is 6.04 Å². The second kappa shape index (κ2) is 7.39. The van der Waals surface area contributed by atoms with E-state index in [1.165, 1.54) is 17.3 Å². The molecule has 2 amide bonds. The molecule has 1 aliphatic rings. The lowest BCUT2D eigenvalue weighted by molar-refractivity contribution is -0.138. The molecule has 126 valence electrons. The van der Waals surface area contributed by atoms with Crippen LogP contribution in [0.1, 0.15) is 45.6 Å². The van der Waals surface area contributed by atoms with Gasteiger partial charge in [0.15, 0.2) is 0 Å². The number of amides is 2. The molecule has 0 saturated carbocycles. The Morgan fingerprint density at radius 1 is 1.22 bits per heavy atom. The average molecular weight is 334 g/mol. The van der Waals surface area contributed by atoms with Gasteiger partial charge in [-0.3, -0.25) is 9.59 Å². The van der Waals surface area contributed by atoms with E-state index in [1.54, 1.807) is 4.90 Å². The third kappa shape index (κ3) is 4.74. The molecular weight excluding hydrogens is 308 g/mol. The van der Waals surface area contributed by atoms with Gasteiger partial charge in [0.2, 0.25) is 11.8 Å². The number of primary amides is 1. The predicted molar refractivity (Wildman–Crippen MR) is 94.4 cm³/mol. The van der Waals surface area contributed by atoms with Crippen LogP contribution < -0.4 is 5.73 Å². The standard InChI is InChI=1S/C18H26N2O2S/c1-18(2,3)13-7-9-14(10-8-13)23-12-16(21)20-11-5-4-6-15(20)17(19)22/h7-10,15H,4-6,11-12H2,1-3H3,(H2,19,22)/t15-/m1/s1. The fraction of sp³-hybridized carbons (Fsp3) is 0.556. The Morgan fingerprint density at radius 3 is 2.43 bits per heavy atom. The lowest BCUT2D eigenvalue weighted by Crippen LogP contribution is -2.51. The van der Waals surface area contributed by atoms with Gasteiger partial charge < -0.3 is 10.6 Å². The SMILES string of the molecule is CC(C)(C)c1ccc(SCC(=O)N2CCCC[C@@H]2C(N)=O)cc1. The van der Waals surface area contributed by atoms with Crippen molar-refractivity contribution < 1.29 is 9.59 Å². The van der Waals surface area contributed by atoms with Crippen LogP contribution in [0.4, 0.5) is 0 Å². The van der Waals surface area contributed by atoms with Gasteiger partial charge in [-0.05, 0) is 42.4 Å². The Hall–Kier alpha value is -1.49. The van der Waals surface area contributed by atoms with Crippen molar-refractivity contribution in [1.82, 2.24) is 4.90 Å². The molecule has 0 spiro atoms. The van der Waals surface area contributed by atoms with Crippen molar-refractivity contribution in [3.8, 4) is 0 Å². The first-order chi connectivity index (χ1) is 10.8. The molecule has 5 heteroatoms. The zero-order valence-electron chi connectivity index (χ0n) is 14.2. The summed E-state index contributed by atoms with van der Waals surface area (Å²) in [4.78, 5) is 26.6. The molecule has 1 fully saturated rings. The van der Waals surface area contributed by atoms with Crippen molar-refractivity contribution in [2.45, 2.75) is 56.4 Å². The second-order valence-corrected chi connectivity index (χ2v) is 8.11. The van der Waals surface area contributed by atoms with Crippen LogP contribution in [0.3, 0.4) is 0 Å². The molecule has 1 aromatic rings. The quantitative estimate of drug-likeness (QED) is 0.861. The summed E-state index contributed by atoms with van der Waals surface area (Å²) in [6.45, 7) is 7.17. The third-order valence-electron chi connectivity index (χ3n) is 4.23. The second-order valence-electron chi connectivity index (χ2n) is 7.06. The Labute approximate surface area is 142 Å². The van der Waals surface area contributed by atoms with E-state index < -0.39 is 11.9 Å². The van der Waals surface area contributed by atoms with Crippen molar-refractivity contribution >= 4 is 23.6 Å². The van der Waals surface area contributed by atoms with Crippen LogP contribution in [0.5, 0.6) is 0 Å². The molecule has 1 aliphatic heterocycles. The molecule has 23 heavy (non-hydrogen) atoms. The van der Waals surface area contributed by atoms with Gasteiger partial charge in [0.25, 0.3) is 0 Å². The molecule has 1 saturated heterocycles. The summed E-state index contributed by atoms with van der Waals surface area (Å²) in [6, 6.07) is 7.90. The number of nitrogens with two attached hydrogens (primary N) is 1. The number of likely N-dealkylation sites (tertiary alicyclic amines) is 1. The molecule has 1 aromatic carbocycles. The Morgan fingerprint density at radius 2 is 1.87 bits per heavy atom. The summed E-state index contributed by atoms with van der Waals surface area (Å²) >= 11 is 1.51. The van der Waals surface area contributed by atoms with Crippen molar-refractivity contribution in [3.63, 3.8) is 0 Å². The molecule has 1 heterocycles. The Bertz CT molecular complexity index is 563. The summed E-state index contributed by atoms with van der Waals surface area (Å²) in [5, 5.41) is 0. The number of rotatable bonds is 4. The van der Waals surface area contributed by atoms with E-state index in [4.69, 9.17) is 5.73 Å². The molecule has 0 radical (unpaired) electrons. The zero-order chi connectivity index (χ0) is 17.0. The molecule has 0 bridgehead atoms. The minimum absolute atomic E-state index is 0.00148. The fourth-order valence-electron chi connectivity index (χ4n) is 2.81. The Balaban J connectivity index is 1.94. The highest BCUT2D eigenvalue weighted by atomic mass is 32.2. The summed E-state index contributed by atoms with van der Waals surface area (Å²) < 4.78 is 0. The highest BCUT2D eigenvalue weighted by Crippen LogP contribution is 2.26. The van der Waals surface area contributed by atoms with E-state index in [2.05, 4.69) is 45.0 Å². The van der Waals surface area contributed by atoms with E-state index in [-0.39, 0.29) is 11.3 Å². The van der Waals surface area contributed by atoms with E-state index >= 15 is 0 Å². The highest BCUT2D eigenvalue weighted by molar-refractivity contribution is 8.00. The van der Waals surface area contributed by atoms with Crippen molar-refractivity contribution in [3.05, 3.63) is 29.8 Å². The molecular formula is C18H26N2O2S. The molecule has 0 aromatic heterocycles.